The van der Waals surface area contributed by atoms with Gasteiger partial charge >= 0.3 is 6.09 Å². The molecule has 1 rings (SSSR count). The van der Waals surface area contributed by atoms with E-state index in [0.29, 0.717) is 0 Å². The molecule has 0 spiro atoms. The Morgan fingerprint density at radius 3 is 2.63 bits per heavy atom. The van der Waals surface area contributed by atoms with Crippen LogP contribution < -0.4 is 5.43 Å². The third kappa shape index (κ3) is 4.67. The SMILES string of the molecule is CN(NC=C(C#N)C(=O)N=CN1CCCC1)C(=O)O. The van der Waals surface area contributed by atoms with Crippen molar-refractivity contribution in [2.45, 2.75) is 12.8 Å². The van der Waals surface area contributed by atoms with Crippen LogP contribution in [0.25, 0.3) is 0 Å². The van der Waals surface area contributed by atoms with Crippen LogP contribution in [-0.2, 0) is 4.79 Å². The second kappa shape index (κ2) is 7.00. The molecule has 0 aromatic heterocycles. The first kappa shape index (κ1) is 14.5. The molecule has 0 saturated carbocycles. The minimum Gasteiger partial charge on any atom is -0.464 e. The minimum absolute atomic E-state index is 0.261. The zero-order valence-corrected chi connectivity index (χ0v) is 10.5. The molecule has 102 valence electrons. The monoisotopic (exact) mass is 265 g/mol. The largest absolute Gasteiger partial charge is 0.464 e. The molecule has 0 aromatic rings. The van der Waals surface area contributed by atoms with Crippen molar-refractivity contribution in [1.29, 1.82) is 5.26 Å². The summed E-state index contributed by atoms with van der Waals surface area (Å²) in [5.41, 5.74) is 2.02. The molecular weight excluding hydrogens is 250 g/mol. The van der Waals surface area contributed by atoms with Crippen LogP contribution in [0.15, 0.2) is 16.8 Å². The molecule has 0 bridgehead atoms. The van der Waals surface area contributed by atoms with Crippen LogP contribution in [0.3, 0.4) is 0 Å². The summed E-state index contributed by atoms with van der Waals surface area (Å²) in [5.74, 6) is -0.708. The molecule has 8 nitrogen and oxygen atoms in total. The predicted octanol–water partition coefficient (Wildman–Crippen LogP) is 0.159. The van der Waals surface area contributed by atoms with Crippen molar-refractivity contribution in [3.05, 3.63) is 11.8 Å². The highest BCUT2D eigenvalue weighted by atomic mass is 16.4. The topological polar surface area (TPSA) is 109 Å². The molecule has 0 unspecified atom stereocenters. The molecular formula is C11H15N5O3. The van der Waals surface area contributed by atoms with E-state index in [0.717, 1.165) is 37.1 Å². The number of hydrogen-bond donors (Lipinski definition) is 2. The fourth-order valence-electron chi connectivity index (χ4n) is 1.42. The number of rotatable bonds is 4. The molecule has 0 aliphatic carbocycles. The van der Waals surface area contributed by atoms with Gasteiger partial charge in [-0.15, -0.1) is 0 Å². The van der Waals surface area contributed by atoms with E-state index in [1.165, 1.54) is 13.4 Å². The number of hydrogen-bond acceptors (Lipinski definition) is 4. The summed E-state index contributed by atoms with van der Waals surface area (Å²) in [6.07, 6.45) is 3.32. The van der Waals surface area contributed by atoms with Gasteiger partial charge in [0.15, 0.2) is 0 Å². The van der Waals surface area contributed by atoms with Gasteiger partial charge in [-0.3, -0.25) is 10.2 Å². The van der Waals surface area contributed by atoms with E-state index in [1.807, 2.05) is 4.90 Å². The fraction of sp³-hybridized carbons (Fsp3) is 0.455. The van der Waals surface area contributed by atoms with E-state index in [2.05, 4.69) is 10.4 Å². The maximum atomic E-state index is 11.6. The van der Waals surface area contributed by atoms with Gasteiger partial charge in [0.2, 0.25) is 0 Å². The molecule has 0 radical (unpaired) electrons. The molecule has 19 heavy (non-hydrogen) atoms. The van der Waals surface area contributed by atoms with Crippen LogP contribution >= 0.6 is 0 Å². The van der Waals surface area contributed by atoms with Crippen molar-refractivity contribution in [2.24, 2.45) is 4.99 Å². The van der Waals surface area contributed by atoms with E-state index in [4.69, 9.17) is 10.4 Å². The van der Waals surface area contributed by atoms with Gasteiger partial charge in [-0.05, 0) is 12.8 Å². The Kier molecular flexibility index (Phi) is 5.35. The van der Waals surface area contributed by atoms with Crippen LogP contribution in [0, 0.1) is 11.3 Å². The lowest BCUT2D eigenvalue weighted by atomic mass is 10.3. The molecule has 0 aromatic carbocycles. The van der Waals surface area contributed by atoms with E-state index < -0.39 is 12.0 Å². The predicted molar refractivity (Wildman–Crippen MR) is 66.9 cm³/mol. The number of nitriles is 1. The lowest BCUT2D eigenvalue weighted by Gasteiger charge is -2.11. The Labute approximate surface area is 110 Å². The fourth-order valence-corrected chi connectivity index (χ4v) is 1.42. The molecule has 1 aliphatic rings. The summed E-state index contributed by atoms with van der Waals surface area (Å²) in [6.45, 7) is 1.70. The zero-order chi connectivity index (χ0) is 14.3. The number of amides is 2. The Morgan fingerprint density at radius 2 is 2.11 bits per heavy atom. The van der Waals surface area contributed by atoms with Gasteiger partial charge in [0, 0.05) is 26.3 Å². The summed E-state index contributed by atoms with van der Waals surface area (Å²) >= 11 is 0. The summed E-state index contributed by atoms with van der Waals surface area (Å²) < 4.78 is 0. The van der Waals surface area contributed by atoms with Gasteiger partial charge in [-0.1, -0.05) is 0 Å². The van der Waals surface area contributed by atoms with Crippen molar-refractivity contribution in [3.63, 3.8) is 0 Å². The molecule has 1 heterocycles. The maximum absolute atomic E-state index is 11.6. The molecule has 1 fully saturated rings. The van der Waals surface area contributed by atoms with Crippen molar-refractivity contribution in [1.82, 2.24) is 15.3 Å². The number of carbonyl (C=O) groups excluding carboxylic acids is 1. The highest BCUT2D eigenvalue weighted by Gasteiger charge is 2.11. The van der Waals surface area contributed by atoms with E-state index >= 15 is 0 Å². The molecule has 2 amide bonds. The van der Waals surface area contributed by atoms with Gasteiger partial charge in [-0.2, -0.15) is 10.3 Å². The lowest BCUT2D eigenvalue weighted by Crippen LogP contribution is -2.35. The summed E-state index contributed by atoms with van der Waals surface area (Å²) in [7, 11) is 1.24. The number of likely N-dealkylation sites (tertiary alicyclic amines) is 1. The van der Waals surface area contributed by atoms with Gasteiger partial charge in [0.25, 0.3) is 5.91 Å². The second-order valence-corrected chi connectivity index (χ2v) is 3.93. The van der Waals surface area contributed by atoms with Crippen LogP contribution in [0.5, 0.6) is 0 Å². The summed E-state index contributed by atoms with van der Waals surface area (Å²) in [4.78, 5) is 27.6. The third-order valence-electron chi connectivity index (χ3n) is 2.52. The van der Waals surface area contributed by atoms with E-state index in [-0.39, 0.29) is 5.57 Å². The summed E-state index contributed by atoms with van der Waals surface area (Å²) in [5, 5.41) is 18.1. The minimum atomic E-state index is -1.23. The van der Waals surface area contributed by atoms with Crippen molar-refractivity contribution >= 4 is 18.3 Å². The number of hydrazine groups is 1. The third-order valence-corrected chi connectivity index (χ3v) is 2.52. The maximum Gasteiger partial charge on any atom is 0.425 e. The van der Waals surface area contributed by atoms with Gasteiger partial charge in [0.05, 0.1) is 6.34 Å². The first-order valence-corrected chi connectivity index (χ1v) is 5.70. The molecule has 0 atom stereocenters. The smallest absolute Gasteiger partial charge is 0.425 e. The number of nitrogens with zero attached hydrogens (tertiary/aromatic N) is 4. The first-order chi connectivity index (χ1) is 9.04. The Balaban J connectivity index is 2.58. The van der Waals surface area contributed by atoms with E-state index in [9.17, 15) is 9.59 Å². The number of carbonyl (C=O) groups is 2. The van der Waals surface area contributed by atoms with Crippen molar-refractivity contribution in [2.75, 3.05) is 20.1 Å². The Morgan fingerprint density at radius 1 is 1.47 bits per heavy atom. The lowest BCUT2D eigenvalue weighted by molar-refractivity contribution is -0.114. The highest BCUT2D eigenvalue weighted by molar-refractivity contribution is 6.01. The van der Waals surface area contributed by atoms with Crippen LogP contribution in [0.1, 0.15) is 12.8 Å². The molecule has 1 saturated heterocycles. The number of aliphatic imine (C=N–C) groups is 1. The highest BCUT2D eigenvalue weighted by Crippen LogP contribution is 2.04. The van der Waals surface area contributed by atoms with Crippen LogP contribution in [0.2, 0.25) is 0 Å². The average Bonchev–Trinajstić information content (AvgIpc) is 2.89. The zero-order valence-electron chi connectivity index (χ0n) is 10.5. The van der Waals surface area contributed by atoms with Gasteiger partial charge in [0.1, 0.15) is 11.6 Å². The van der Waals surface area contributed by atoms with E-state index in [1.54, 1.807) is 6.07 Å². The number of carboxylic acid groups (broad SMARTS) is 1. The molecule has 1 aliphatic heterocycles. The van der Waals surface area contributed by atoms with Crippen molar-refractivity contribution < 1.29 is 14.7 Å². The first-order valence-electron chi connectivity index (χ1n) is 5.70. The van der Waals surface area contributed by atoms with Crippen LogP contribution in [-0.4, -0.2) is 53.5 Å². The number of nitrogens with one attached hydrogen (secondary N) is 1. The van der Waals surface area contributed by atoms with Gasteiger partial charge in [-0.25, -0.2) is 9.80 Å². The molecule has 2 N–H and O–H groups in total. The Hall–Kier alpha value is -2.56. The standard InChI is InChI=1S/C11H15N5O3/c1-15(11(18)19)14-7-9(6-12)10(17)13-8-16-4-2-3-5-16/h7-8,14H,2-5H2,1H3,(H,18,19). The quantitative estimate of drug-likeness (QED) is 0.246. The Bertz CT molecular complexity index is 446. The van der Waals surface area contributed by atoms with Crippen LogP contribution in [0.4, 0.5) is 4.79 Å². The van der Waals surface area contributed by atoms with Crippen molar-refractivity contribution in [3.8, 4) is 6.07 Å². The average molecular weight is 265 g/mol. The molecule has 8 heteroatoms. The van der Waals surface area contributed by atoms with Gasteiger partial charge < -0.3 is 10.0 Å². The normalized spacial score (nSPS) is 15.4. The summed E-state index contributed by atoms with van der Waals surface area (Å²) in [6, 6.07) is 1.67. The second-order valence-electron chi connectivity index (χ2n) is 3.93.